The zero-order chi connectivity index (χ0) is 15.6. The van der Waals surface area contributed by atoms with E-state index in [2.05, 4.69) is 13.0 Å². The third-order valence-corrected chi connectivity index (χ3v) is 4.68. The van der Waals surface area contributed by atoms with Crippen molar-refractivity contribution >= 4 is 5.91 Å². The molecule has 1 aliphatic heterocycles. The van der Waals surface area contributed by atoms with Crippen LogP contribution in [0.5, 0.6) is 0 Å². The number of hydrogen-bond donors (Lipinski definition) is 0. The minimum atomic E-state index is 0.228. The van der Waals surface area contributed by atoms with Crippen LogP contribution in [0, 0.1) is 0 Å². The molecule has 0 aromatic heterocycles. The van der Waals surface area contributed by atoms with Gasteiger partial charge in [-0.05, 0) is 18.1 Å². The van der Waals surface area contributed by atoms with Gasteiger partial charge in [0.15, 0.2) is 0 Å². The zero-order valence-electron chi connectivity index (χ0n) is 14.2. The Hall–Kier alpha value is -1.31. The molecule has 1 aromatic carbocycles. The van der Waals surface area contributed by atoms with E-state index >= 15 is 0 Å². The van der Waals surface area contributed by atoms with Crippen molar-refractivity contribution in [3.63, 3.8) is 0 Å². The van der Waals surface area contributed by atoms with Crippen LogP contribution in [-0.2, 0) is 6.54 Å². The maximum absolute atomic E-state index is 12.2. The molecule has 2 nitrogen and oxygen atoms in total. The van der Waals surface area contributed by atoms with Gasteiger partial charge in [-0.25, -0.2) is 0 Å². The number of hydrogen-bond acceptors (Lipinski definition) is 1. The SMILES string of the molecule is CCCCCCCCCCCCN1Cc2ccccc2C1=O. The number of fused-ring (bicyclic) bond motifs is 1. The number of unbranched alkanes of at least 4 members (excludes halogenated alkanes) is 9. The maximum atomic E-state index is 12.2. The lowest BCUT2D eigenvalue weighted by Crippen LogP contribution is -2.24. The van der Waals surface area contributed by atoms with E-state index in [0.29, 0.717) is 0 Å². The summed E-state index contributed by atoms with van der Waals surface area (Å²) < 4.78 is 0. The lowest BCUT2D eigenvalue weighted by atomic mass is 10.1. The second-order valence-corrected chi connectivity index (χ2v) is 6.57. The summed E-state index contributed by atoms with van der Waals surface area (Å²) in [4.78, 5) is 14.2. The van der Waals surface area contributed by atoms with E-state index in [0.717, 1.165) is 25.1 Å². The number of carbonyl (C=O) groups excluding carboxylic acids is 1. The Morgan fingerprint density at radius 2 is 1.45 bits per heavy atom. The van der Waals surface area contributed by atoms with E-state index in [1.807, 2.05) is 23.1 Å². The van der Waals surface area contributed by atoms with Gasteiger partial charge in [0.05, 0.1) is 0 Å². The highest BCUT2D eigenvalue weighted by atomic mass is 16.2. The summed E-state index contributed by atoms with van der Waals surface area (Å²) in [6.07, 6.45) is 13.4. The van der Waals surface area contributed by atoms with Gasteiger partial charge in [-0.3, -0.25) is 4.79 Å². The summed E-state index contributed by atoms with van der Waals surface area (Å²) in [7, 11) is 0. The summed E-state index contributed by atoms with van der Waals surface area (Å²) in [5.41, 5.74) is 2.11. The Morgan fingerprint density at radius 3 is 2.09 bits per heavy atom. The normalized spacial score (nSPS) is 13.7. The number of carbonyl (C=O) groups is 1. The smallest absolute Gasteiger partial charge is 0.254 e. The molecule has 1 aromatic rings. The van der Waals surface area contributed by atoms with Crippen molar-refractivity contribution in [1.82, 2.24) is 4.90 Å². The van der Waals surface area contributed by atoms with Gasteiger partial charge in [0.2, 0.25) is 0 Å². The average molecular weight is 301 g/mol. The van der Waals surface area contributed by atoms with E-state index in [1.165, 1.54) is 63.4 Å². The largest absolute Gasteiger partial charge is 0.334 e. The Morgan fingerprint density at radius 1 is 0.864 bits per heavy atom. The number of rotatable bonds is 11. The minimum absolute atomic E-state index is 0.228. The summed E-state index contributed by atoms with van der Waals surface area (Å²) >= 11 is 0. The Labute approximate surface area is 135 Å². The van der Waals surface area contributed by atoms with Gasteiger partial charge in [-0.15, -0.1) is 0 Å². The highest BCUT2D eigenvalue weighted by molar-refractivity contribution is 5.98. The molecule has 0 aliphatic carbocycles. The predicted molar refractivity (Wildman–Crippen MR) is 93.0 cm³/mol. The summed E-state index contributed by atoms with van der Waals surface area (Å²) in [5.74, 6) is 0.228. The number of amides is 1. The summed E-state index contributed by atoms with van der Waals surface area (Å²) in [5, 5.41) is 0. The lowest BCUT2D eigenvalue weighted by Gasteiger charge is -2.15. The van der Waals surface area contributed by atoms with Crippen molar-refractivity contribution in [3.8, 4) is 0 Å². The molecular formula is C20H31NO. The minimum Gasteiger partial charge on any atom is -0.334 e. The van der Waals surface area contributed by atoms with Crippen LogP contribution in [0.3, 0.4) is 0 Å². The van der Waals surface area contributed by atoms with Gasteiger partial charge < -0.3 is 4.90 Å². The molecular weight excluding hydrogens is 270 g/mol. The van der Waals surface area contributed by atoms with Gasteiger partial charge in [0.25, 0.3) is 5.91 Å². The van der Waals surface area contributed by atoms with Crippen molar-refractivity contribution in [1.29, 1.82) is 0 Å². The molecule has 1 heterocycles. The Balaban J connectivity index is 1.49. The molecule has 0 radical (unpaired) electrons. The molecule has 0 atom stereocenters. The van der Waals surface area contributed by atoms with E-state index < -0.39 is 0 Å². The van der Waals surface area contributed by atoms with Crippen molar-refractivity contribution in [2.75, 3.05) is 6.54 Å². The molecule has 0 unspecified atom stereocenters. The first-order chi connectivity index (χ1) is 10.8. The van der Waals surface area contributed by atoms with Crippen LogP contribution in [0.1, 0.15) is 87.1 Å². The van der Waals surface area contributed by atoms with Crippen LogP contribution in [0.25, 0.3) is 0 Å². The Bertz CT molecular complexity index is 455. The fourth-order valence-electron chi connectivity index (χ4n) is 3.29. The lowest BCUT2D eigenvalue weighted by molar-refractivity contribution is 0.0775. The molecule has 122 valence electrons. The molecule has 2 heteroatoms. The maximum Gasteiger partial charge on any atom is 0.254 e. The van der Waals surface area contributed by atoms with Gasteiger partial charge in [0.1, 0.15) is 0 Å². The van der Waals surface area contributed by atoms with E-state index in [4.69, 9.17) is 0 Å². The van der Waals surface area contributed by atoms with Crippen molar-refractivity contribution < 1.29 is 4.79 Å². The van der Waals surface area contributed by atoms with Gasteiger partial charge >= 0.3 is 0 Å². The third-order valence-electron chi connectivity index (χ3n) is 4.68. The highest BCUT2D eigenvalue weighted by Crippen LogP contribution is 2.22. The van der Waals surface area contributed by atoms with E-state index in [9.17, 15) is 4.79 Å². The van der Waals surface area contributed by atoms with Crippen molar-refractivity contribution in [3.05, 3.63) is 35.4 Å². The second kappa shape index (κ2) is 9.66. The number of benzene rings is 1. The third kappa shape index (κ3) is 5.15. The first-order valence-electron chi connectivity index (χ1n) is 9.20. The topological polar surface area (TPSA) is 20.3 Å². The zero-order valence-corrected chi connectivity index (χ0v) is 14.2. The van der Waals surface area contributed by atoms with Crippen LogP contribution in [0.4, 0.5) is 0 Å². The van der Waals surface area contributed by atoms with Crippen LogP contribution in [0.15, 0.2) is 24.3 Å². The predicted octanol–water partition coefficient (Wildman–Crippen LogP) is 5.56. The Kier molecular flexibility index (Phi) is 7.48. The van der Waals surface area contributed by atoms with Gasteiger partial charge in [-0.1, -0.05) is 82.9 Å². The van der Waals surface area contributed by atoms with Gasteiger partial charge in [-0.2, -0.15) is 0 Å². The molecule has 0 spiro atoms. The molecule has 0 bridgehead atoms. The van der Waals surface area contributed by atoms with Crippen molar-refractivity contribution in [2.45, 2.75) is 77.7 Å². The first-order valence-corrected chi connectivity index (χ1v) is 9.20. The fourth-order valence-corrected chi connectivity index (χ4v) is 3.29. The standard InChI is InChI=1S/C20H31NO/c1-2-3-4-5-6-7-8-9-10-13-16-21-17-18-14-11-12-15-19(18)20(21)22/h11-12,14-15H,2-10,13,16-17H2,1H3. The van der Waals surface area contributed by atoms with Crippen LogP contribution in [0.2, 0.25) is 0 Å². The van der Waals surface area contributed by atoms with Crippen LogP contribution in [-0.4, -0.2) is 17.4 Å². The molecule has 0 saturated carbocycles. The first kappa shape index (κ1) is 17.1. The fraction of sp³-hybridized carbons (Fsp3) is 0.650. The monoisotopic (exact) mass is 301 g/mol. The van der Waals surface area contributed by atoms with E-state index in [-0.39, 0.29) is 5.91 Å². The quantitative estimate of drug-likeness (QED) is 0.490. The molecule has 1 amide bonds. The molecule has 22 heavy (non-hydrogen) atoms. The molecule has 0 saturated heterocycles. The molecule has 0 fully saturated rings. The van der Waals surface area contributed by atoms with Crippen LogP contribution >= 0.6 is 0 Å². The number of nitrogens with zero attached hydrogens (tertiary/aromatic N) is 1. The highest BCUT2D eigenvalue weighted by Gasteiger charge is 2.25. The molecule has 1 aliphatic rings. The van der Waals surface area contributed by atoms with Crippen LogP contribution < -0.4 is 0 Å². The van der Waals surface area contributed by atoms with E-state index in [1.54, 1.807) is 0 Å². The van der Waals surface area contributed by atoms with Gasteiger partial charge in [0, 0.05) is 18.7 Å². The summed E-state index contributed by atoms with van der Waals surface area (Å²) in [6, 6.07) is 8.01. The average Bonchev–Trinajstić information content (AvgIpc) is 2.86. The summed E-state index contributed by atoms with van der Waals surface area (Å²) in [6.45, 7) is 4.00. The molecule has 2 rings (SSSR count). The van der Waals surface area contributed by atoms with Crippen molar-refractivity contribution in [2.24, 2.45) is 0 Å². The second-order valence-electron chi connectivity index (χ2n) is 6.57. The molecule has 0 N–H and O–H groups in total.